The number of nitrogens with zero attached hydrogens (tertiary/aromatic N) is 5. The molecule has 5 nitrogen and oxygen atoms in total. The molecule has 50 heavy (non-hydrogen) atoms. The Morgan fingerprint density at radius 3 is 1.76 bits per heavy atom. The maximum absolute atomic E-state index is 4.96. The molecule has 0 fully saturated rings. The zero-order valence-corrected chi connectivity index (χ0v) is 27.5. The molecule has 10 rings (SSSR count). The first-order valence-electron chi connectivity index (χ1n) is 16.6. The first-order chi connectivity index (χ1) is 24.7. The molecule has 3 aromatic heterocycles. The predicted octanol–water partition coefficient (Wildman–Crippen LogP) is 11.4. The molecule has 0 saturated heterocycles. The fourth-order valence-corrected chi connectivity index (χ4v) is 7.79. The Balaban J connectivity index is 1.10. The van der Waals surface area contributed by atoms with Crippen LogP contribution in [0.2, 0.25) is 0 Å². The van der Waals surface area contributed by atoms with Gasteiger partial charge < -0.3 is 4.57 Å². The monoisotopic (exact) mass is 657 g/mol. The van der Waals surface area contributed by atoms with Crippen molar-refractivity contribution in [1.29, 1.82) is 0 Å². The van der Waals surface area contributed by atoms with Crippen LogP contribution in [0.5, 0.6) is 0 Å². The summed E-state index contributed by atoms with van der Waals surface area (Å²) < 4.78 is 3.57. The normalized spacial score (nSPS) is 11.6. The van der Waals surface area contributed by atoms with Crippen LogP contribution >= 0.6 is 11.3 Å². The van der Waals surface area contributed by atoms with Crippen LogP contribution < -0.4 is 0 Å². The molecule has 10 aromatic rings. The van der Waals surface area contributed by atoms with Gasteiger partial charge in [-0.15, -0.1) is 11.3 Å². The van der Waals surface area contributed by atoms with Gasteiger partial charge >= 0.3 is 0 Å². The van der Waals surface area contributed by atoms with Crippen LogP contribution in [0.15, 0.2) is 164 Å². The Morgan fingerprint density at radius 1 is 0.400 bits per heavy atom. The van der Waals surface area contributed by atoms with E-state index in [1.54, 1.807) is 11.3 Å². The molecule has 0 N–H and O–H groups in total. The van der Waals surface area contributed by atoms with Gasteiger partial charge in [-0.25, -0.2) is 19.9 Å². The fourth-order valence-electron chi connectivity index (χ4n) is 6.83. The highest BCUT2D eigenvalue weighted by atomic mass is 32.1. The minimum Gasteiger partial charge on any atom is -0.309 e. The van der Waals surface area contributed by atoms with E-state index in [0.717, 1.165) is 54.8 Å². The van der Waals surface area contributed by atoms with E-state index in [9.17, 15) is 0 Å². The Hall–Kier alpha value is -6.50. The molecule has 0 amide bonds. The lowest BCUT2D eigenvalue weighted by Crippen LogP contribution is -2.00. The number of hydrogen-bond donors (Lipinski definition) is 0. The van der Waals surface area contributed by atoms with Crippen molar-refractivity contribution in [1.82, 2.24) is 24.5 Å². The smallest absolute Gasteiger partial charge is 0.164 e. The first kappa shape index (κ1) is 28.5. The van der Waals surface area contributed by atoms with E-state index in [1.807, 2.05) is 66.7 Å². The molecule has 3 heterocycles. The number of rotatable bonds is 5. The van der Waals surface area contributed by atoms with Crippen molar-refractivity contribution >= 4 is 54.1 Å². The zero-order chi connectivity index (χ0) is 33.0. The van der Waals surface area contributed by atoms with Crippen LogP contribution in [0, 0.1) is 0 Å². The second-order valence-electron chi connectivity index (χ2n) is 12.4. The fraction of sp³-hybridized carbons (Fsp3) is 0. The van der Waals surface area contributed by atoms with Crippen LogP contribution in [-0.2, 0) is 0 Å². The first-order valence-corrected chi connectivity index (χ1v) is 17.4. The number of benzene rings is 7. The summed E-state index contributed by atoms with van der Waals surface area (Å²) in [7, 11) is 0. The highest BCUT2D eigenvalue weighted by Crippen LogP contribution is 2.38. The number of fused-ring (bicyclic) bond motifs is 5. The average molecular weight is 658 g/mol. The molecule has 0 radical (unpaired) electrons. The van der Waals surface area contributed by atoms with E-state index >= 15 is 0 Å². The summed E-state index contributed by atoms with van der Waals surface area (Å²) >= 11 is 1.73. The summed E-state index contributed by atoms with van der Waals surface area (Å²) in [4.78, 5) is 19.7. The van der Waals surface area contributed by atoms with Crippen molar-refractivity contribution in [3.8, 4) is 50.4 Å². The molecular weight excluding hydrogens is 631 g/mol. The minimum absolute atomic E-state index is 0.647. The summed E-state index contributed by atoms with van der Waals surface area (Å²) in [5.41, 5.74) is 8.45. The third-order valence-corrected chi connectivity index (χ3v) is 10.3. The Morgan fingerprint density at radius 2 is 1.00 bits per heavy atom. The lowest BCUT2D eigenvalue weighted by Gasteiger charge is -2.11. The molecular formula is C44H27N5S. The van der Waals surface area contributed by atoms with Crippen molar-refractivity contribution < 1.29 is 0 Å². The number of hydrogen-bond acceptors (Lipinski definition) is 5. The Labute approximate surface area is 291 Å². The molecule has 0 saturated carbocycles. The van der Waals surface area contributed by atoms with Gasteiger partial charge in [0.1, 0.15) is 5.01 Å². The summed E-state index contributed by atoms with van der Waals surface area (Å²) in [5, 5.41) is 5.73. The van der Waals surface area contributed by atoms with Gasteiger partial charge in [0.25, 0.3) is 0 Å². The molecule has 0 aliphatic heterocycles. The molecule has 0 spiro atoms. The van der Waals surface area contributed by atoms with Crippen LogP contribution in [0.3, 0.4) is 0 Å². The van der Waals surface area contributed by atoms with Crippen molar-refractivity contribution in [3.05, 3.63) is 164 Å². The van der Waals surface area contributed by atoms with Crippen molar-refractivity contribution in [3.63, 3.8) is 0 Å². The maximum atomic E-state index is 4.96. The molecule has 0 unspecified atom stereocenters. The molecule has 0 atom stereocenters. The topological polar surface area (TPSA) is 56.5 Å². The van der Waals surface area contributed by atoms with E-state index in [4.69, 9.17) is 19.9 Å². The molecule has 234 valence electrons. The Kier molecular flexibility index (Phi) is 6.60. The third-order valence-electron chi connectivity index (χ3n) is 9.25. The van der Waals surface area contributed by atoms with Crippen LogP contribution in [-0.4, -0.2) is 24.5 Å². The highest BCUT2D eigenvalue weighted by Gasteiger charge is 2.16. The second-order valence-corrected chi connectivity index (χ2v) is 13.4. The average Bonchev–Trinajstić information content (AvgIpc) is 3.77. The van der Waals surface area contributed by atoms with Gasteiger partial charge in [-0.1, -0.05) is 121 Å². The second kappa shape index (κ2) is 11.6. The summed E-state index contributed by atoms with van der Waals surface area (Å²) in [6, 6.07) is 57.0. The van der Waals surface area contributed by atoms with E-state index < -0.39 is 0 Å². The van der Waals surface area contributed by atoms with E-state index in [-0.39, 0.29) is 0 Å². The number of aromatic nitrogens is 5. The van der Waals surface area contributed by atoms with E-state index in [1.165, 1.54) is 21.0 Å². The van der Waals surface area contributed by atoms with Crippen molar-refractivity contribution in [2.75, 3.05) is 0 Å². The van der Waals surface area contributed by atoms with Crippen LogP contribution in [0.1, 0.15) is 0 Å². The highest BCUT2D eigenvalue weighted by molar-refractivity contribution is 7.21. The van der Waals surface area contributed by atoms with Gasteiger partial charge in [0, 0.05) is 38.7 Å². The van der Waals surface area contributed by atoms with Crippen LogP contribution in [0.25, 0.3) is 93.2 Å². The van der Waals surface area contributed by atoms with Crippen molar-refractivity contribution in [2.45, 2.75) is 0 Å². The Bertz CT molecular complexity index is 2780. The zero-order valence-electron chi connectivity index (χ0n) is 26.7. The summed E-state index contributed by atoms with van der Waals surface area (Å²) in [6.45, 7) is 0. The number of thiazole rings is 1. The van der Waals surface area contributed by atoms with Crippen LogP contribution in [0.4, 0.5) is 0 Å². The SMILES string of the molecule is c1ccc(-c2nc(-c3ccccc3)nc(-c3ccc4cc(-n5c6ccccc6c6ccc(-c7nc8ccccc8s7)cc65)ccc4c3)n2)cc1. The number of para-hydroxylation sites is 2. The molecule has 6 heteroatoms. The third kappa shape index (κ3) is 4.85. The molecule has 0 bridgehead atoms. The van der Waals surface area contributed by atoms with Gasteiger partial charge in [-0.05, 0) is 53.2 Å². The van der Waals surface area contributed by atoms with Gasteiger partial charge in [-0.3, -0.25) is 0 Å². The lowest BCUT2D eigenvalue weighted by molar-refractivity contribution is 1.07. The summed E-state index contributed by atoms with van der Waals surface area (Å²) in [5.74, 6) is 1.96. The maximum Gasteiger partial charge on any atom is 0.164 e. The van der Waals surface area contributed by atoms with Gasteiger partial charge in [0.2, 0.25) is 0 Å². The summed E-state index contributed by atoms with van der Waals surface area (Å²) in [6.07, 6.45) is 0. The molecule has 0 aliphatic carbocycles. The van der Waals surface area contributed by atoms with Gasteiger partial charge in [-0.2, -0.15) is 0 Å². The standard InChI is InChI=1S/C44H27N5S/c1-3-11-28(12-4-1)41-46-42(29-13-5-2-6-14-29)48-43(47-41)32-20-19-31-26-34(23-21-30(31)25-32)49-38-17-9-7-15-35(38)36-24-22-33(27-39(36)49)44-45-37-16-8-10-18-40(37)50-44/h1-27H. The largest absolute Gasteiger partial charge is 0.309 e. The quantitative estimate of drug-likeness (QED) is 0.185. The van der Waals surface area contributed by atoms with Gasteiger partial charge in [0.05, 0.1) is 21.3 Å². The molecule has 7 aromatic carbocycles. The van der Waals surface area contributed by atoms with E-state index in [0.29, 0.717) is 17.5 Å². The lowest BCUT2D eigenvalue weighted by atomic mass is 10.1. The predicted molar refractivity (Wildman–Crippen MR) is 207 cm³/mol. The molecule has 0 aliphatic rings. The van der Waals surface area contributed by atoms with Crippen molar-refractivity contribution in [2.24, 2.45) is 0 Å². The van der Waals surface area contributed by atoms with Gasteiger partial charge in [0.15, 0.2) is 17.5 Å². The minimum atomic E-state index is 0.647. The van der Waals surface area contributed by atoms with E-state index in [2.05, 4.69) is 102 Å².